The van der Waals surface area contributed by atoms with Crippen molar-refractivity contribution in [3.8, 4) is 0 Å². The second kappa shape index (κ2) is 1.34. The van der Waals surface area contributed by atoms with Crippen LogP contribution in [0, 0.1) is 5.41 Å². The van der Waals surface area contributed by atoms with E-state index in [1.807, 2.05) is 0 Å². The lowest BCUT2D eigenvalue weighted by molar-refractivity contribution is 0.278. The molecule has 1 spiro atoms. The molecule has 1 aliphatic heterocycles. The minimum Gasteiger partial charge on any atom is -0.370 e. The van der Waals surface area contributed by atoms with E-state index in [1.165, 1.54) is 19.3 Å². The largest absolute Gasteiger partial charge is 0.370 e. The van der Waals surface area contributed by atoms with Crippen LogP contribution in [-0.4, -0.2) is 12.2 Å². The first-order valence-corrected chi connectivity index (χ1v) is 3.76. The van der Waals surface area contributed by atoms with E-state index in [0.717, 1.165) is 6.61 Å². The number of hydrogen-bond donors (Lipinski definition) is 0. The van der Waals surface area contributed by atoms with E-state index in [2.05, 4.69) is 13.8 Å². The predicted octanol–water partition coefficient (Wildman–Crippen LogP) is 1.97. The highest BCUT2D eigenvalue weighted by Crippen LogP contribution is 2.52. The Balaban J connectivity index is 2.08. The molecule has 0 amide bonds. The van der Waals surface area contributed by atoms with Gasteiger partial charge in [-0.15, -0.1) is 0 Å². The van der Waals surface area contributed by atoms with Crippen LogP contribution in [0.3, 0.4) is 0 Å². The van der Waals surface area contributed by atoms with E-state index >= 15 is 0 Å². The number of hydrogen-bond acceptors (Lipinski definition) is 1. The van der Waals surface area contributed by atoms with Gasteiger partial charge in [0.05, 0.1) is 12.2 Å². The number of rotatable bonds is 0. The number of epoxide rings is 1. The Hall–Kier alpha value is -0.0400. The Morgan fingerprint density at radius 1 is 1.22 bits per heavy atom. The molecule has 2 fully saturated rings. The minimum absolute atomic E-state index is 0.378. The van der Waals surface area contributed by atoms with Gasteiger partial charge in [0.2, 0.25) is 0 Å². The summed E-state index contributed by atoms with van der Waals surface area (Å²) in [6.07, 6.45) is 3.95. The van der Waals surface area contributed by atoms with Crippen LogP contribution in [0.25, 0.3) is 0 Å². The maximum atomic E-state index is 5.39. The maximum Gasteiger partial charge on any atom is 0.0921 e. The summed E-state index contributed by atoms with van der Waals surface area (Å²) in [6, 6.07) is 0. The Morgan fingerprint density at radius 2 is 1.89 bits per heavy atom. The molecule has 9 heavy (non-hydrogen) atoms. The average molecular weight is 126 g/mol. The maximum absolute atomic E-state index is 5.39. The van der Waals surface area contributed by atoms with Crippen molar-refractivity contribution in [3.05, 3.63) is 0 Å². The van der Waals surface area contributed by atoms with Crippen LogP contribution in [0.1, 0.15) is 33.1 Å². The lowest BCUT2D eigenvalue weighted by Gasteiger charge is -2.14. The van der Waals surface area contributed by atoms with Crippen LogP contribution < -0.4 is 0 Å². The van der Waals surface area contributed by atoms with Gasteiger partial charge in [0, 0.05) is 0 Å². The van der Waals surface area contributed by atoms with Crippen LogP contribution in [0.4, 0.5) is 0 Å². The van der Waals surface area contributed by atoms with Crippen LogP contribution in [0.2, 0.25) is 0 Å². The zero-order chi connectivity index (χ0) is 6.54. The van der Waals surface area contributed by atoms with Crippen molar-refractivity contribution >= 4 is 0 Å². The van der Waals surface area contributed by atoms with Gasteiger partial charge >= 0.3 is 0 Å². The summed E-state index contributed by atoms with van der Waals surface area (Å²) < 4.78 is 5.39. The summed E-state index contributed by atoms with van der Waals surface area (Å²) in [4.78, 5) is 0. The van der Waals surface area contributed by atoms with E-state index < -0.39 is 0 Å². The zero-order valence-electron chi connectivity index (χ0n) is 6.24. The third-order valence-electron chi connectivity index (χ3n) is 2.61. The number of ether oxygens (including phenoxy) is 1. The molecule has 2 rings (SSSR count). The predicted molar refractivity (Wildman–Crippen MR) is 36.3 cm³/mol. The quantitative estimate of drug-likeness (QED) is 0.452. The van der Waals surface area contributed by atoms with Gasteiger partial charge in [-0.1, -0.05) is 13.8 Å². The monoisotopic (exact) mass is 126 g/mol. The first-order chi connectivity index (χ1) is 4.12. The highest BCUT2D eigenvalue weighted by Gasteiger charge is 2.52. The van der Waals surface area contributed by atoms with Crippen LogP contribution >= 0.6 is 0 Å². The molecular formula is C8H14O. The van der Waals surface area contributed by atoms with E-state index in [-0.39, 0.29) is 0 Å². The third kappa shape index (κ3) is 0.877. The molecule has 52 valence electrons. The average Bonchev–Trinajstić information content (AvgIpc) is 2.36. The summed E-state index contributed by atoms with van der Waals surface area (Å²) in [5, 5.41) is 0. The zero-order valence-corrected chi connectivity index (χ0v) is 6.24. The molecule has 1 saturated heterocycles. The van der Waals surface area contributed by atoms with Crippen molar-refractivity contribution < 1.29 is 4.74 Å². The van der Waals surface area contributed by atoms with Crippen molar-refractivity contribution in [1.82, 2.24) is 0 Å². The molecule has 2 aliphatic rings. The van der Waals surface area contributed by atoms with Crippen molar-refractivity contribution in [1.29, 1.82) is 0 Å². The molecule has 0 aromatic rings. The van der Waals surface area contributed by atoms with Crippen LogP contribution in [0.5, 0.6) is 0 Å². The highest BCUT2D eigenvalue weighted by molar-refractivity contribution is 5.02. The van der Waals surface area contributed by atoms with Crippen LogP contribution in [0.15, 0.2) is 0 Å². The molecule has 0 radical (unpaired) electrons. The van der Waals surface area contributed by atoms with E-state index in [4.69, 9.17) is 4.74 Å². The minimum atomic E-state index is 0.378. The summed E-state index contributed by atoms with van der Waals surface area (Å²) in [7, 11) is 0. The summed E-state index contributed by atoms with van der Waals surface area (Å²) in [5.74, 6) is 0. The molecule has 1 atom stereocenters. The molecule has 1 saturated carbocycles. The Morgan fingerprint density at radius 3 is 2.11 bits per heavy atom. The molecule has 1 nitrogen and oxygen atoms in total. The van der Waals surface area contributed by atoms with Crippen molar-refractivity contribution in [2.45, 2.75) is 38.7 Å². The first kappa shape index (κ1) is 5.72. The molecule has 1 heteroatoms. The second-order valence-corrected chi connectivity index (χ2v) is 4.31. The second-order valence-electron chi connectivity index (χ2n) is 4.31. The van der Waals surface area contributed by atoms with Gasteiger partial charge < -0.3 is 4.74 Å². The van der Waals surface area contributed by atoms with Gasteiger partial charge in [0.25, 0.3) is 0 Å². The van der Waals surface area contributed by atoms with Gasteiger partial charge in [0.1, 0.15) is 0 Å². The Kier molecular flexibility index (Phi) is 0.852. The van der Waals surface area contributed by atoms with E-state index in [0.29, 0.717) is 11.0 Å². The molecule has 1 heterocycles. The van der Waals surface area contributed by atoms with Crippen molar-refractivity contribution in [2.75, 3.05) is 6.61 Å². The Bertz CT molecular complexity index is 130. The fourth-order valence-corrected chi connectivity index (χ4v) is 1.96. The molecule has 0 aromatic heterocycles. The SMILES string of the molecule is CC1(C)CCC2(CO2)C1. The fraction of sp³-hybridized carbons (Fsp3) is 1.00. The lowest BCUT2D eigenvalue weighted by Crippen LogP contribution is -2.09. The van der Waals surface area contributed by atoms with Gasteiger partial charge in [-0.3, -0.25) is 0 Å². The van der Waals surface area contributed by atoms with Crippen LogP contribution in [-0.2, 0) is 4.74 Å². The Labute approximate surface area is 56.4 Å². The highest BCUT2D eigenvalue weighted by atomic mass is 16.6. The smallest absolute Gasteiger partial charge is 0.0921 e. The lowest BCUT2D eigenvalue weighted by atomic mass is 9.91. The third-order valence-corrected chi connectivity index (χ3v) is 2.61. The molecule has 1 aliphatic carbocycles. The molecule has 1 unspecified atom stereocenters. The summed E-state index contributed by atoms with van der Waals surface area (Å²) in [5.41, 5.74) is 0.944. The standard InChI is InChI=1S/C8H14O/c1-7(2)3-4-8(5-7)6-9-8/h3-6H2,1-2H3. The normalized spacial score (nSPS) is 46.0. The van der Waals surface area contributed by atoms with E-state index in [1.54, 1.807) is 0 Å². The van der Waals surface area contributed by atoms with Gasteiger partial charge in [-0.05, 0) is 24.7 Å². The molecule has 0 N–H and O–H groups in total. The molecule has 0 aromatic carbocycles. The first-order valence-electron chi connectivity index (χ1n) is 3.76. The van der Waals surface area contributed by atoms with Gasteiger partial charge in [-0.2, -0.15) is 0 Å². The topological polar surface area (TPSA) is 12.5 Å². The summed E-state index contributed by atoms with van der Waals surface area (Å²) in [6.45, 7) is 5.71. The van der Waals surface area contributed by atoms with Crippen molar-refractivity contribution in [3.63, 3.8) is 0 Å². The fourth-order valence-electron chi connectivity index (χ4n) is 1.96. The van der Waals surface area contributed by atoms with Crippen molar-refractivity contribution in [2.24, 2.45) is 5.41 Å². The van der Waals surface area contributed by atoms with Gasteiger partial charge in [-0.25, -0.2) is 0 Å². The molecular weight excluding hydrogens is 112 g/mol. The summed E-state index contributed by atoms with van der Waals surface area (Å²) >= 11 is 0. The van der Waals surface area contributed by atoms with Gasteiger partial charge in [0.15, 0.2) is 0 Å². The molecule has 0 bridgehead atoms. The van der Waals surface area contributed by atoms with E-state index in [9.17, 15) is 0 Å².